The van der Waals surface area contributed by atoms with E-state index >= 15 is 0 Å². The molecular formula is C8H14F3N. The SMILES string of the molecule is CCC1CCNCC1C(F)(F)F. The molecule has 2 unspecified atom stereocenters. The molecule has 72 valence electrons. The number of hydrogen-bond acceptors (Lipinski definition) is 1. The minimum Gasteiger partial charge on any atom is -0.316 e. The molecule has 4 heteroatoms. The summed E-state index contributed by atoms with van der Waals surface area (Å²) >= 11 is 0. The number of hydrogen-bond donors (Lipinski definition) is 1. The minimum absolute atomic E-state index is 0.0992. The van der Waals surface area contributed by atoms with Crippen LogP contribution in [0.3, 0.4) is 0 Å². The molecule has 1 aliphatic heterocycles. The zero-order chi connectivity index (χ0) is 9.19. The molecule has 0 saturated carbocycles. The van der Waals surface area contributed by atoms with Crippen LogP contribution in [0.4, 0.5) is 13.2 Å². The first-order valence-corrected chi connectivity index (χ1v) is 4.33. The van der Waals surface area contributed by atoms with E-state index in [0.717, 1.165) is 6.54 Å². The molecule has 0 bridgehead atoms. The summed E-state index contributed by atoms with van der Waals surface area (Å²) in [5, 5.41) is 2.79. The van der Waals surface area contributed by atoms with E-state index in [1.54, 1.807) is 0 Å². The van der Waals surface area contributed by atoms with Crippen molar-refractivity contribution in [2.24, 2.45) is 11.8 Å². The third-order valence-corrected chi connectivity index (χ3v) is 2.57. The number of piperidine rings is 1. The molecule has 1 fully saturated rings. The summed E-state index contributed by atoms with van der Waals surface area (Å²) < 4.78 is 37.0. The zero-order valence-electron chi connectivity index (χ0n) is 7.12. The van der Waals surface area contributed by atoms with Crippen LogP contribution in [0.2, 0.25) is 0 Å². The van der Waals surface area contributed by atoms with Crippen LogP contribution in [-0.2, 0) is 0 Å². The maximum atomic E-state index is 12.3. The Morgan fingerprint density at radius 3 is 2.50 bits per heavy atom. The minimum atomic E-state index is -4.02. The monoisotopic (exact) mass is 181 g/mol. The lowest BCUT2D eigenvalue weighted by molar-refractivity contribution is -0.192. The third-order valence-electron chi connectivity index (χ3n) is 2.57. The van der Waals surface area contributed by atoms with E-state index in [-0.39, 0.29) is 12.5 Å². The van der Waals surface area contributed by atoms with Gasteiger partial charge in [0, 0.05) is 6.54 Å². The molecule has 0 aromatic rings. The second-order valence-corrected chi connectivity index (χ2v) is 3.31. The van der Waals surface area contributed by atoms with Gasteiger partial charge in [-0.2, -0.15) is 13.2 Å². The Balaban J connectivity index is 2.59. The van der Waals surface area contributed by atoms with Gasteiger partial charge in [0.15, 0.2) is 0 Å². The van der Waals surface area contributed by atoms with E-state index in [1.165, 1.54) is 0 Å². The van der Waals surface area contributed by atoms with Crippen LogP contribution >= 0.6 is 0 Å². The van der Waals surface area contributed by atoms with Crippen LogP contribution in [0, 0.1) is 11.8 Å². The van der Waals surface area contributed by atoms with Gasteiger partial charge in [-0.3, -0.25) is 0 Å². The van der Waals surface area contributed by atoms with Gasteiger partial charge in [-0.1, -0.05) is 13.3 Å². The summed E-state index contributed by atoms with van der Waals surface area (Å²) in [4.78, 5) is 0. The molecule has 12 heavy (non-hydrogen) atoms. The van der Waals surface area contributed by atoms with Gasteiger partial charge in [0.05, 0.1) is 5.92 Å². The first-order chi connectivity index (χ1) is 5.55. The highest BCUT2D eigenvalue weighted by molar-refractivity contribution is 4.81. The van der Waals surface area contributed by atoms with Crippen molar-refractivity contribution >= 4 is 0 Å². The normalized spacial score (nSPS) is 32.0. The zero-order valence-corrected chi connectivity index (χ0v) is 7.12. The Hall–Kier alpha value is -0.250. The molecular weight excluding hydrogens is 167 g/mol. The molecule has 2 atom stereocenters. The second-order valence-electron chi connectivity index (χ2n) is 3.31. The van der Waals surface area contributed by atoms with E-state index in [9.17, 15) is 13.2 Å². The summed E-state index contributed by atoms with van der Waals surface area (Å²) in [5.41, 5.74) is 0. The summed E-state index contributed by atoms with van der Waals surface area (Å²) in [5.74, 6) is -1.30. The maximum Gasteiger partial charge on any atom is 0.393 e. The molecule has 0 radical (unpaired) electrons. The quantitative estimate of drug-likeness (QED) is 0.653. The first kappa shape index (κ1) is 9.84. The lowest BCUT2D eigenvalue weighted by Gasteiger charge is -2.32. The van der Waals surface area contributed by atoms with E-state index in [4.69, 9.17) is 0 Å². The predicted molar refractivity (Wildman–Crippen MR) is 40.8 cm³/mol. The van der Waals surface area contributed by atoms with Gasteiger partial charge < -0.3 is 5.32 Å². The summed E-state index contributed by atoms with van der Waals surface area (Å²) in [6.45, 7) is 2.65. The van der Waals surface area contributed by atoms with Crippen LogP contribution in [-0.4, -0.2) is 19.3 Å². The van der Waals surface area contributed by atoms with E-state index in [2.05, 4.69) is 5.32 Å². The molecule has 1 rings (SSSR count). The topological polar surface area (TPSA) is 12.0 Å². The Morgan fingerprint density at radius 1 is 1.42 bits per heavy atom. The molecule has 0 aliphatic carbocycles. The van der Waals surface area contributed by atoms with Gasteiger partial charge in [0.1, 0.15) is 0 Å². The third kappa shape index (κ3) is 2.12. The standard InChI is InChI=1S/C8H14F3N/c1-2-6-3-4-12-5-7(6)8(9,10)11/h6-7,12H,2-5H2,1H3. The molecule has 1 heterocycles. The van der Waals surface area contributed by atoms with Gasteiger partial charge in [-0.25, -0.2) is 0 Å². The summed E-state index contributed by atoms with van der Waals surface area (Å²) in [6.07, 6.45) is -2.74. The Morgan fingerprint density at radius 2 is 2.08 bits per heavy atom. The van der Waals surface area contributed by atoms with E-state index in [0.29, 0.717) is 12.8 Å². The van der Waals surface area contributed by atoms with Crippen LogP contribution in [0.1, 0.15) is 19.8 Å². The molecule has 0 aromatic heterocycles. The smallest absolute Gasteiger partial charge is 0.316 e. The highest BCUT2D eigenvalue weighted by Gasteiger charge is 2.44. The van der Waals surface area contributed by atoms with Crippen LogP contribution in [0.25, 0.3) is 0 Å². The van der Waals surface area contributed by atoms with Crippen molar-refractivity contribution in [1.82, 2.24) is 5.32 Å². The van der Waals surface area contributed by atoms with Gasteiger partial charge in [0.25, 0.3) is 0 Å². The van der Waals surface area contributed by atoms with Crippen molar-refractivity contribution in [3.05, 3.63) is 0 Å². The lowest BCUT2D eigenvalue weighted by Crippen LogP contribution is -2.44. The Bertz CT molecular complexity index is 144. The van der Waals surface area contributed by atoms with Crippen LogP contribution < -0.4 is 5.32 Å². The highest BCUT2D eigenvalue weighted by atomic mass is 19.4. The number of alkyl halides is 3. The Kier molecular flexibility index (Phi) is 2.99. The van der Waals surface area contributed by atoms with E-state index < -0.39 is 12.1 Å². The molecule has 0 spiro atoms. The van der Waals surface area contributed by atoms with Crippen LogP contribution in [0.5, 0.6) is 0 Å². The largest absolute Gasteiger partial charge is 0.393 e. The first-order valence-electron chi connectivity index (χ1n) is 4.33. The van der Waals surface area contributed by atoms with E-state index in [1.807, 2.05) is 6.92 Å². The predicted octanol–water partition coefficient (Wildman–Crippen LogP) is 2.18. The fourth-order valence-corrected chi connectivity index (χ4v) is 1.78. The number of nitrogens with one attached hydrogen (secondary N) is 1. The summed E-state index contributed by atoms with van der Waals surface area (Å²) in [7, 11) is 0. The molecule has 0 aromatic carbocycles. The number of rotatable bonds is 1. The van der Waals surface area contributed by atoms with Crippen molar-refractivity contribution in [1.29, 1.82) is 0 Å². The van der Waals surface area contributed by atoms with Gasteiger partial charge in [-0.05, 0) is 18.9 Å². The van der Waals surface area contributed by atoms with Gasteiger partial charge >= 0.3 is 6.18 Å². The molecule has 1 aliphatic rings. The summed E-state index contributed by atoms with van der Waals surface area (Å²) in [6, 6.07) is 0. The highest BCUT2D eigenvalue weighted by Crippen LogP contribution is 2.36. The fraction of sp³-hybridized carbons (Fsp3) is 1.00. The van der Waals surface area contributed by atoms with Crippen LogP contribution in [0.15, 0.2) is 0 Å². The fourth-order valence-electron chi connectivity index (χ4n) is 1.78. The molecule has 1 nitrogen and oxygen atoms in total. The molecule has 1 N–H and O–H groups in total. The van der Waals surface area contributed by atoms with Gasteiger partial charge in [-0.15, -0.1) is 0 Å². The van der Waals surface area contributed by atoms with Crippen molar-refractivity contribution in [2.75, 3.05) is 13.1 Å². The second kappa shape index (κ2) is 3.64. The van der Waals surface area contributed by atoms with Crippen molar-refractivity contribution in [2.45, 2.75) is 25.9 Å². The average Bonchev–Trinajstić information content (AvgIpc) is 2.03. The van der Waals surface area contributed by atoms with Crippen molar-refractivity contribution in [3.8, 4) is 0 Å². The van der Waals surface area contributed by atoms with Crippen molar-refractivity contribution in [3.63, 3.8) is 0 Å². The molecule has 0 amide bonds. The average molecular weight is 181 g/mol. The lowest BCUT2D eigenvalue weighted by atomic mass is 9.84. The maximum absolute atomic E-state index is 12.3. The number of halogens is 3. The van der Waals surface area contributed by atoms with Gasteiger partial charge in [0.2, 0.25) is 0 Å². The molecule has 1 saturated heterocycles. The Labute approximate surface area is 70.3 Å². The van der Waals surface area contributed by atoms with Crippen molar-refractivity contribution < 1.29 is 13.2 Å².